The van der Waals surface area contributed by atoms with Gasteiger partial charge in [0.1, 0.15) is 5.75 Å². The van der Waals surface area contributed by atoms with Crippen molar-refractivity contribution in [1.29, 1.82) is 0 Å². The van der Waals surface area contributed by atoms with Gasteiger partial charge in [-0.05, 0) is 43.2 Å². The molecule has 140 valence electrons. The maximum atomic E-state index is 12.3. The Morgan fingerprint density at radius 2 is 1.85 bits per heavy atom. The fraction of sp³-hybridized carbons (Fsp3) is 0.333. The number of ether oxygens (including phenoxy) is 2. The molecule has 0 fully saturated rings. The van der Waals surface area contributed by atoms with Gasteiger partial charge in [-0.25, -0.2) is 4.98 Å². The van der Waals surface area contributed by atoms with Gasteiger partial charge >= 0.3 is 6.18 Å². The first-order valence-electron chi connectivity index (χ1n) is 7.84. The van der Waals surface area contributed by atoms with E-state index in [-0.39, 0.29) is 19.0 Å². The summed E-state index contributed by atoms with van der Waals surface area (Å²) in [4.78, 5) is 15.7. The second-order valence-corrected chi connectivity index (χ2v) is 5.76. The van der Waals surface area contributed by atoms with Crippen molar-refractivity contribution in [3.05, 3.63) is 53.2 Å². The molecule has 1 aromatic heterocycles. The maximum absolute atomic E-state index is 12.3. The summed E-state index contributed by atoms with van der Waals surface area (Å²) in [6.07, 6.45) is -3.14. The normalized spacial score (nSPS) is 11.1. The number of benzene rings is 1. The van der Waals surface area contributed by atoms with Gasteiger partial charge in [-0.2, -0.15) is 13.2 Å². The summed E-state index contributed by atoms with van der Waals surface area (Å²) in [6, 6.07) is 8.69. The first-order valence-corrected chi connectivity index (χ1v) is 7.84. The van der Waals surface area contributed by atoms with Crippen LogP contribution in [0.4, 0.5) is 13.2 Å². The molecule has 0 aliphatic rings. The van der Waals surface area contributed by atoms with Crippen LogP contribution in [0.1, 0.15) is 16.7 Å². The first kappa shape index (κ1) is 19.6. The van der Waals surface area contributed by atoms with E-state index in [1.165, 1.54) is 12.3 Å². The smallest absolute Gasteiger partial charge is 0.422 e. The Kier molecular flexibility index (Phi) is 6.43. The topological polar surface area (TPSA) is 60.5 Å². The van der Waals surface area contributed by atoms with Crippen molar-refractivity contribution >= 4 is 5.91 Å². The average molecular weight is 368 g/mol. The van der Waals surface area contributed by atoms with Crippen molar-refractivity contribution in [3.63, 3.8) is 0 Å². The minimum Gasteiger partial charge on any atom is -0.484 e. The van der Waals surface area contributed by atoms with Crippen molar-refractivity contribution in [2.45, 2.75) is 26.6 Å². The third kappa shape index (κ3) is 6.62. The lowest BCUT2D eigenvalue weighted by Crippen LogP contribution is -2.29. The Bertz CT molecular complexity index is 743. The third-order valence-electron chi connectivity index (χ3n) is 3.26. The quantitative estimate of drug-likeness (QED) is 0.814. The zero-order valence-corrected chi connectivity index (χ0v) is 14.4. The van der Waals surface area contributed by atoms with E-state index in [4.69, 9.17) is 4.74 Å². The Hall–Kier alpha value is -2.77. The van der Waals surface area contributed by atoms with E-state index >= 15 is 0 Å². The monoisotopic (exact) mass is 368 g/mol. The molecule has 0 radical (unpaired) electrons. The number of halogens is 3. The Balaban J connectivity index is 1.87. The predicted molar refractivity (Wildman–Crippen MR) is 89.0 cm³/mol. The Morgan fingerprint density at radius 1 is 1.15 bits per heavy atom. The largest absolute Gasteiger partial charge is 0.484 e. The number of aryl methyl sites for hydroxylation is 2. The van der Waals surface area contributed by atoms with Crippen LogP contribution in [-0.4, -0.2) is 30.3 Å². The van der Waals surface area contributed by atoms with Gasteiger partial charge in [0, 0.05) is 18.3 Å². The molecule has 5 nitrogen and oxygen atoms in total. The number of alkyl halides is 3. The molecule has 1 aromatic carbocycles. The maximum Gasteiger partial charge on any atom is 0.422 e. The molecule has 8 heteroatoms. The molecule has 1 amide bonds. The lowest BCUT2D eigenvalue weighted by molar-refractivity contribution is -0.154. The summed E-state index contributed by atoms with van der Waals surface area (Å²) in [5.74, 6) is 0.00311. The molecule has 0 aliphatic carbocycles. The van der Waals surface area contributed by atoms with Crippen molar-refractivity contribution < 1.29 is 27.4 Å². The van der Waals surface area contributed by atoms with Crippen LogP contribution in [0, 0.1) is 13.8 Å². The SMILES string of the molecule is Cc1cc(C)cc(OCC(=O)NCc2cccnc2OCC(F)(F)F)c1. The van der Waals surface area contributed by atoms with E-state index in [2.05, 4.69) is 15.0 Å². The highest BCUT2D eigenvalue weighted by atomic mass is 19.4. The van der Waals surface area contributed by atoms with Gasteiger partial charge in [-0.15, -0.1) is 0 Å². The molecular formula is C18H19F3N2O3. The number of hydrogen-bond acceptors (Lipinski definition) is 4. The fourth-order valence-electron chi connectivity index (χ4n) is 2.25. The standard InChI is InChI=1S/C18H19F3N2O3/c1-12-6-13(2)8-15(7-12)25-10-16(24)23-9-14-4-3-5-22-17(14)26-11-18(19,20)21/h3-8H,9-11H2,1-2H3,(H,23,24). The van der Waals surface area contributed by atoms with Crippen molar-refractivity contribution in [1.82, 2.24) is 10.3 Å². The average Bonchev–Trinajstić information content (AvgIpc) is 2.55. The number of pyridine rings is 1. The van der Waals surface area contributed by atoms with E-state index < -0.39 is 18.7 Å². The first-order chi connectivity index (χ1) is 12.2. The highest BCUT2D eigenvalue weighted by Crippen LogP contribution is 2.20. The molecule has 26 heavy (non-hydrogen) atoms. The molecular weight excluding hydrogens is 349 g/mol. The van der Waals surface area contributed by atoms with Crippen LogP contribution < -0.4 is 14.8 Å². The minimum absolute atomic E-state index is 0.0178. The van der Waals surface area contributed by atoms with Gasteiger partial charge in [-0.3, -0.25) is 4.79 Å². The number of rotatable bonds is 7. The molecule has 2 aromatic rings. The number of hydrogen-bond donors (Lipinski definition) is 1. The van der Waals surface area contributed by atoms with Gasteiger partial charge in [0.25, 0.3) is 5.91 Å². The summed E-state index contributed by atoms with van der Waals surface area (Å²) >= 11 is 0. The zero-order valence-electron chi connectivity index (χ0n) is 14.4. The molecule has 0 bridgehead atoms. The van der Waals surface area contributed by atoms with Crippen LogP contribution in [-0.2, 0) is 11.3 Å². The molecule has 1 heterocycles. The Morgan fingerprint density at radius 3 is 2.50 bits per heavy atom. The van der Waals surface area contributed by atoms with Gasteiger partial charge in [0.15, 0.2) is 13.2 Å². The predicted octanol–water partition coefficient (Wildman–Crippen LogP) is 3.33. The van der Waals surface area contributed by atoms with E-state index in [0.717, 1.165) is 11.1 Å². The number of carbonyl (C=O) groups is 1. The van der Waals surface area contributed by atoms with E-state index in [9.17, 15) is 18.0 Å². The molecule has 0 atom stereocenters. The second kappa shape index (κ2) is 8.55. The van der Waals surface area contributed by atoms with Gasteiger partial charge in [0.2, 0.25) is 5.88 Å². The fourth-order valence-corrected chi connectivity index (χ4v) is 2.25. The van der Waals surface area contributed by atoms with Crippen molar-refractivity contribution in [3.8, 4) is 11.6 Å². The van der Waals surface area contributed by atoms with Crippen LogP contribution in [0.5, 0.6) is 11.6 Å². The van der Waals surface area contributed by atoms with E-state index in [1.807, 2.05) is 32.0 Å². The summed E-state index contributed by atoms with van der Waals surface area (Å²) in [5, 5.41) is 2.57. The third-order valence-corrected chi connectivity index (χ3v) is 3.26. The molecule has 1 N–H and O–H groups in total. The summed E-state index contributed by atoms with van der Waals surface area (Å²) in [6.45, 7) is 2.17. The van der Waals surface area contributed by atoms with E-state index in [1.54, 1.807) is 6.07 Å². The Labute approximate surface area is 149 Å². The molecule has 0 saturated carbocycles. The number of aromatic nitrogens is 1. The number of nitrogens with one attached hydrogen (secondary N) is 1. The summed E-state index contributed by atoms with van der Waals surface area (Å²) in [7, 11) is 0. The van der Waals surface area contributed by atoms with Crippen LogP contribution >= 0.6 is 0 Å². The van der Waals surface area contributed by atoms with Gasteiger partial charge in [0.05, 0.1) is 0 Å². The number of carbonyl (C=O) groups excluding carboxylic acids is 1. The molecule has 0 unspecified atom stereocenters. The second-order valence-electron chi connectivity index (χ2n) is 5.76. The van der Waals surface area contributed by atoms with E-state index in [0.29, 0.717) is 11.3 Å². The minimum atomic E-state index is -4.46. The van der Waals surface area contributed by atoms with Crippen LogP contribution in [0.2, 0.25) is 0 Å². The number of nitrogens with zero attached hydrogens (tertiary/aromatic N) is 1. The summed E-state index contributed by atoms with van der Waals surface area (Å²) < 4.78 is 46.9. The zero-order chi connectivity index (χ0) is 19.2. The lowest BCUT2D eigenvalue weighted by atomic mass is 10.1. The molecule has 2 rings (SSSR count). The van der Waals surface area contributed by atoms with Gasteiger partial charge < -0.3 is 14.8 Å². The molecule has 0 aliphatic heterocycles. The van der Waals surface area contributed by atoms with Crippen LogP contribution in [0.15, 0.2) is 36.5 Å². The lowest BCUT2D eigenvalue weighted by Gasteiger charge is -2.13. The highest BCUT2D eigenvalue weighted by Gasteiger charge is 2.29. The highest BCUT2D eigenvalue weighted by molar-refractivity contribution is 5.77. The number of amides is 1. The summed E-state index contributed by atoms with van der Waals surface area (Å²) in [5.41, 5.74) is 2.38. The molecule has 0 spiro atoms. The van der Waals surface area contributed by atoms with Crippen LogP contribution in [0.3, 0.4) is 0 Å². The molecule has 0 saturated heterocycles. The van der Waals surface area contributed by atoms with Crippen LogP contribution in [0.25, 0.3) is 0 Å². The van der Waals surface area contributed by atoms with Crippen molar-refractivity contribution in [2.75, 3.05) is 13.2 Å². The van der Waals surface area contributed by atoms with Crippen molar-refractivity contribution in [2.24, 2.45) is 0 Å². The van der Waals surface area contributed by atoms with Gasteiger partial charge in [-0.1, -0.05) is 12.1 Å².